The summed E-state index contributed by atoms with van der Waals surface area (Å²) in [5.74, 6) is 0.891. The van der Waals surface area contributed by atoms with E-state index < -0.39 is 0 Å². The fourth-order valence-corrected chi connectivity index (χ4v) is 2.47. The number of hydrogen-bond donors (Lipinski definition) is 1. The summed E-state index contributed by atoms with van der Waals surface area (Å²) < 4.78 is 0. The third kappa shape index (κ3) is 4.12. The molecule has 2 atom stereocenters. The Hall–Kier alpha value is -0.0800. The molecule has 1 heterocycles. The molecule has 15 heavy (non-hydrogen) atoms. The first-order chi connectivity index (χ1) is 7.17. The van der Waals surface area contributed by atoms with E-state index in [1.54, 1.807) is 0 Å². The number of hydrogen-bond acceptors (Lipinski definition) is 2. The van der Waals surface area contributed by atoms with Gasteiger partial charge in [-0.1, -0.05) is 13.8 Å². The Morgan fingerprint density at radius 1 is 1.20 bits per heavy atom. The first kappa shape index (κ1) is 13.0. The smallest absolute Gasteiger partial charge is 0.00704 e. The number of piperidine rings is 1. The van der Waals surface area contributed by atoms with Crippen LogP contribution in [0.2, 0.25) is 0 Å². The maximum Gasteiger partial charge on any atom is 0.00704 e. The zero-order valence-corrected chi connectivity index (χ0v) is 10.9. The minimum atomic E-state index is 0.671. The second-order valence-corrected chi connectivity index (χ2v) is 5.04. The summed E-state index contributed by atoms with van der Waals surface area (Å²) in [6.45, 7) is 13.0. The van der Waals surface area contributed by atoms with Crippen molar-refractivity contribution in [1.29, 1.82) is 0 Å². The van der Waals surface area contributed by atoms with Gasteiger partial charge >= 0.3 is 0 Å². The molecule has 1 aliphatic rings. The molecule has 1 saturated heterocycles. The van der Waals surface area contributed by atoms with Crippen molar-refractivity contribution >= 4 is 0 Å². The molecule has 0 aromatic carbocycles. The first-order valence-electron chi connectivity index (χ1n) is 6.65. The van der Waals surface area contributed by atoms with Crippen LogP contribution in [-0.2, 0) is 0 Å². The Labute approximate surface area is 95.4 Å². The van der Waals surface area contributed by atoms with E-state index in [0.29, 0.717) is 12.1 Å². The Kier molecular flexibility index (Phi) is 5.62. The van der Waals surface area contributed by atoms with Crippen LogP contribution in [0.15, 0.2) is 0 Å². The van der Waals surface area contributed by atoms with E-state index in [1.807, 2.05) is 0 Å². The quantitative estimate of drug-likeness (QED) is 0.753. The molecule has 0 saturated carbocycles. The van der Waals surface area contributed by atoms with Gasteiger partial charge in [-0.2, -0.15) is 0 Å². The van der Waals surface area contributed by atoms with E-state index >= 15 is 0 Å². The third-order valence-corrected chi connectivity index (χ3v) is 3.95. The minimum absolute atomic E-state index is 0.671. The molecule has 1 rings (SSSR count). The molecule has 0 spiro atoms. The largest absolute Gasteiger partial charge is 0.312 e. The van der Waals surface area contributed by atoms with Gasteiger partial charge in [0.15, 0.2) is 0 Å². The zero-order chi connectivity index (χ0) is 11.3. The topological polar surface area (TPSA) is 15.3 Å². The van der Waals surface area contributed by atoms with Crippen molar-refractivity contribution in [3.63, 3.8) is 0 Å². The van der Waals surface area contributed by atoms with Crippen LogP contribution < -0.4 is 5.32 Å². The Morgan fingerprint density at radius 2 is 1.80 bits per heavy atom. The number of likely N-dealkylation sites (tertiary alicyclic amines) is 1. The van der Waals surface area contributed by atoms with Gasteiger partial charge in [0.05, 0.1) is 0 Å². The summed E-state index contributed by atoms with van der Waals surface area (Å²) in [5, 5.41) is 3.71. The van der Waals surface area contributed by atoms with E-state index in [1.165, 1.54) is 38.9 Å². The lowest BCUT2D eigenvalue weighted by Crippen LogP contribution is -2.44. The maximum atomic E-state index is 3.71. The van der Waals surface area contributed by atoms with E-state index in [0.717, 1.165) is 5.92 Å². The molecule has 0 aliphatic carbocycles. The molecule has 2 nitrogen and oxygen atoms in total. The molecule has 0 amide bonds. The van der Waals surface area contributed by atoms with Crippen LogP contribution in [0.4, 0.5) is 0 Å². The molecule has 2 heteroatoms. The van der Waals surface area contributed by atoms with E-state index in [-0.39, 0.29) is 0 Å². The third-order valence-electron chi connectivity index (χ3n) is 3.95. The average molecular weight is 212 g/mol. The second kappa shape index (κ2) is 6.49. The lowest BCUT2D eigenvalue weighted by molar-refractivity contribution is 0.165. The molecule has 0 radical (unpaired) electrons. The van der Waals surface area contributed by atoms with Crippen molar-refractivity contribution in [3.05, 3.63) is 0 Å². The van der Waals surface area contributed by atoms with Gasteiger partial charge < -0.3 is 10.2 Å². The molecule has 0 aromatic rings. The Balaban J connectivity index is 2.26. The molecular formula is C13H28N2. The van der Waals surface area contributed by atoms with Crippen LogP contribution in [0, 0.1) is 5.92 Å². The van der Waals surface area contributed by atoms with E-state index in [2.05, 4.69) is 37.9 Å². The summed E-state index contributed by atoms with van der Waals surface area (Å²) in [6.07, 6.45) is 3.98. The highest BCUT2D eigenvalue weighted by atomic mass is 15.1. The summed E-state index contributed by atoms with van der Waals surface area (Å²) in [6, 6.07) is 1.36. The second-order valence-electron chi connectivity index (χ2n) is 5.04. The van der Waals surface area contributed by atoms with Gasteiger partial charge in [0, 0.05) is 12.1 Å². The zero-order valence-electron chi connectivity index (χ0n) is 10.9. The fourth-order valence-electron chi connectivity index (χ4n) is 2.47. The summed E-state index contributed by atoms with van der Waals surface area (Å²) in [7, 11) is 0. The van der Waals surface area contributed by atoms with Crippen LogP contribution in [0.3, 0.4) is 0 Å². The van der Waals surface area contributed by atoms with Gasteiger partial charge in [-0.15, -0.1) is 0 Å². The van der Waals surface area contributed by atoms with Crippen molar-refractivity contribution in [2.75, 3.05) is 19.6 Å². The minimum Gasteiger partial charge on any atom is -0.312 e. The number of nitrogens with one attached hydrogen (secondary N) is 1. The van der Waals surface area contributed by atoms with Crippen molar-refractivity contribution in [1.82, 2.24) is 10.2 Å². The van der Waals surface area contributed by atoms with Crippen molar-refractivity contribution in [3.8, 4) is 0 Å². The first-order valence-corrected chi connectivity index (χ1v) is 6.65. The Bertz CT molecular complexity index is 162. The predicted molar refractivity (Wildman–Crippen MR) is 67.2 cm³/mol. The lowest BCUT2D eigenvalue weighted by Gasteiger charge is -2.35. The van der Waals surface area contributed by atoms with E-state index in [9.17, 15) is 0 Å². The summed E-state index contributed by atoms with van der Waals surface area (Å²) in [4.78, 5) is 2.56. The highest BCUT2D eigenvalue weighted by molar-refractivity contribution is 4.80. The molecule has 1 aliphatic heterocycles. The molecule has 90 valence electrons. The molecule has 0 bridgehead atoms. The van der Waals surface area contributed by atoms with Gasteiger partial charge in [0.1, 0.15) is 0 Å². The summed E-state index contributed by atoms with van der Waals surface area (Å²) >= 11 is 0. The number of nitrogens with zero attached hydrogens (tertiary/aromatic N) is 1. The van der Waals surface area contributed by atoms with E-state index in [4.69, 9.17) is 0 Å². The molecule has 1 fully saturated rings. The van der Waals surface area contributed by atoms with Crippen LogP contribution in [0.25, 0.3) is 0 Å². The number of rotatable bonds is 5. The standard InChI is InChI=1S/C13H28N2/c1-5-11(3)14-12(4)13-7-9-15(6-2)10-8-13/h11-14H,5-10H2,1-4H3. The SMILES string of the molecule is CCC(C)NC(C)C1CCN(CC)CC1. The van der Waals surface area contributed by atoms with Crippen LogP contribution in [0.1, 0.15) is 47.0 Å². The predicted octanol–water partition coefficient (Wildman–Crippen LogP) is 2.49. The maximum absolute atomic E-state index is 3.71. The van der Waals surface area contributed by atoms with Gasteiger partial charge in [-0.05, 0) is 58.7 Å². The van der Waals surface area contributed by atoms with Gasteiger partial charge in [-0.25, -0.2) is 0 Å². The van der Waals surface area contributed by atoms with Crippen LogP contribution in [-0.4, -0.2) is 36.6 Å². The van der Waals surface area contributed by atoms with Crippen molar-refractivity contribution < 1.29 is 0 Å². The fraction of sp³-hybridized carbons (Fsp3) is 1.00. The molecule has 1 N–H and O–H groups in total. The molecule has 0 aromatic heterocycles. The molecule has 2 unspecified atom stereocenters. The van der Waals surface area contributed by atoms with Crippen LogP contribution >= 0.6 is 0 Å². The Morgan fingerprint density at radius 3 is 2.27 bits per heavy atom. The molecular weight excluding hydrogens is 184 g/mol. The van der Waals surface area contributed by atoms with Crippen molar-refractivity contribution in [2.45, 2.75) is 59.0 Å². The van der Waals surface area contributed by atoms with Gasteiger partial charge in [-0.3, -0.25) is 0 Å². The lowest BCUT2D eigenvalue weighted by atomic mass is 9.90. The average Bonchev–Trinajstić information content (AvgIpc) is 2.29. The van der Waals surface area contributed by atoms with Gasteiger partial charge in [0.2, 0.25) is 0 Å². The highest BCUT2D eigenvalue weighted by Crippen LogP contribution is 2.20. The monoisotopic (exact) mass is 212 g/mol. The highest BCUT2D eigenvalue weighted by Gasteiger charge is 2.23. The normalized spacial score (nSPS) is 24.0. The van der Waals surface area contributed by atoms with Crippen LogP contribution in [0.5, 0.6) is 0 Å². The van der Waals surface area contributed by atoms with Gasteiger partial charge in [0.25, 0.3) is 0 Å². The summed E-state index contributed by atoms with van der Waals surface area (Å²) in [5.41, 5.74) is 0. The van der Waals surface area contributed by atoms with Crippen molar-refractivity contribution in [2.24, 2.45) is 5.92 Å².